The van der Waals surface area contributed by atoms with E-state index in [1.165, 1.54) is 0 Å². The van der Waals surface area contributed by atoms with Gasteiger partial charge in [0.25, 0.3) is 0 Å². The fourth-order valence-corrected chi connectivity index (χ4v) is 0.908. The van der Waals surface area contributed by atoms with Crippen LogP contribution in [-0.4, -0.2) is 27.8 Å². The van der Waals surface area contributed by atoms with Gasteiger partial charge in [0.15, 0.2) is 0 Å². The Morgan fingerprint density at radius 1 is 1.42 bits per heavy atom. The minimum Gasteiger partial charge on any atom is -0.395 e. The fraction of sp³-hybridized carbons (Fsp3) is 0.375. The van der Waals surface area contributed by atoms with Crippen molar-refractivity contribution in [2.24, 2.45) is 5.73 Å². The second-order valence-electron chi connectivity index (χ2n) is 2.57. The predicted molar refractivity (Wildman–Crippen MR) is 44.3 cm³/mol. The molecule has 1 heterocycles. The molecule has 4 heteroatoms. The van der Waals surface area contributed by atoms with E-state index in [4.69, 9.17) is 10.8 Å². The molecule has 1 rings (SSSR count). The molecular weight excluding hydrogens is 156 g/mol. The summed E-state index contributed by atoms with van der Waals surface area (Å²) in [5.41, 5.74) is 6.10. The number of hydrogen-bond donors (Lipinski definition) is 3. The van der Waals surface area contributed by atoms with E-state index in [9.17, 15) is 5.11 Å². The molecule has 0 radical (unpaired) electrons. The molecule has 12 heavy (non-hydrogen) atoms. The van der Waals surface area contributed by atoms with Crippen molar-refractivity contribution in [2.75, 3.05) is 6.61 Å². The van der Waals surface area contributed by atoms with Gasteiger partial charge in [-0.3, -0.25) is 4.98 Å². The van der Waals surface area contributed by atoms with Crippen LogP contribution in [0.25, 0.3) is 0 Å². The normalized spacial score (nSPS) is 15.6. The highest BCUT2D eigenvalue weighted by atomic mass is 16.3. The van der Waals surface area contributed by atoms with Crippen LogP contribution in [-0.2, 0) is 0 Å². The Morgan fingerprint density at radius 2 is 2.00 bits per heavy atom. The van der Waals surface area contributed by atoms with Gasteiger partial charge in [0.05, 0.1) is 18.8 Å². The Morgan fingerprint density at radius 3 is 2.50 bits per heavy atom. The van der Waals surface area contributed by atoms with Crippen LogP contribution in [0.15, 0.2) is 24.5 Å². The third kappa shape index (κ3) is 2.01. The summed E-state index contributed by atoms with van der Waals surface area (Å²) >= 11 is 0. The second kappa shape index (κ2) is 4.15. The van der Waals surface area contributed by atoms with Gasteiger partial charge in [-0.25, -0.2) is 0 Å². The van der Waals surface area contributed by atoms with Crippen LogP contribution in [0, 0.1) is 0 Å². The van der Waals surface area contributed by atoms with E-state index in [-0.39, 0.29) is 6.61 Å². The minimum absolute atomic E-state index is 0.233. The van der Waals surface area contributed by atoms with E-state index >= 15 is 0 Å². The zero-order valence-electron chi connectivity index (χ0n) is 6.59. The molecule has 0 fully saturated rings. The lowest BCUT2D eigenvalue weighted by molar-refractivity contribution is 0.109. The van der Waals surface area contributed by atoms with Crippen LogP contribution in [0.3, 0.4) is 0 Å². The maximum absolute atomic E-state index is 9.48. The third-order valence-corrected chi connectivity index (χ3v) is 1.66. The molecule has 0 saturated carbocycles. The molecule has 0 amide bonds. The molecule has 0 aliphatic carbocycles. The largest absolute Gasteiger partial charge is 0.395 e. The zero-order valence-corrected chi connectivity index (χ0v) is 6.59. The first-order valence-electron chi connectivity index (χ1n) is 3.70. The molecule has 1 aromatic heterocycles. The highest BCUT2D eigenvalue weighted by Gasteiger charge is 2.14. The molecule has 4 N–H and O–H groups in total. The van der Waals surface area contributed by atoms with E-state index in [0.717, 1.165) is 0 Å². The first-order chi connectivity index (χ1) is 5.75. The molecule has 0 aromatic carbocycles. The summed E-state index contributed by atoms with van der Waals surface area (Å²) in [6.45, 7) is -0.233. The van der Waals surface area contributed by atoms with Gasteiger partial charge in [-0.05, 0) is 17.7 Å². The van der Waals surface area contributed by atoms with Gasteiger partial charge in [-0.2, -0.15) is 0 Å². The first kappa shape index (κ1) is 9.12. The predicted octanol–water partition coefficient (Wildman–Crippen LogP) is -0.565. The molecule has 2 atom stereocenters. The molecule has 1 aromatic rings. The number of nitrogens with two attached hydrogens (primary N) is 1. The summed E-state index contributed by atoms with van der Waals surface area (Å²) in [5, 5.41) is 18.1. The van der Waals surface area contributed by atoms with Crippen molar-refractivity contribution >= 4 is 0 Å². The smallest absolute Gasteiger partial charge is 0.0964 e. The van der Waals surface area contributed by atoms with Crippen LogP contribution >= 0.6 is 0 Å². The quantitative estimate of drug-likeness (QED) is 0.565. The molecule has 0 saturated heterocycles. The summed E-state index contributed by atoms with van der Waals surface area (Å²) in [5.74, 6) is 0. The van der Waals surface area contributed by atoms with Crippen LogP contribution < -0.4 is 5.73 Å². The van der Waals surface area contributed by atoms with Crippen LogP contribution in [0.2, 0.25) is 0 Å². The maximum Gasteiger partial charge on any atom is 0.0964 e. The van der Waals surface area contributed by atoms with Crippen LogP contribution in [0.5, 0.6) is 0 Å². The van der Waals surface area contributed by atoms with Gasteiger partial charge >= 0.3 is 0 Å². The Hall–Kier alpha value is -0.970. The maximum atomic E-state index is 9.48. The van der Waals surface area contributed by atoms with E-state index in [2.05, 4.69) is 4.98 Å². The highest BCUT2D eigenvalue weighted by molar-refractivity contribution is 5.14. The lowest BCUT2D eigenvalue weighted by atomic mass is 10.1. The number of aromatic nitrogens is 1. The number of rotatable bonds is 3. The molecule has 0 aliphatic heterocycles. The lowest BCUT2D eigenvalue weighted by Crippen LogP contribution is -2.31. The SMILES string of the molecule is N[C@@H](CO)[C@@H](O)c1ccncc1. The highest BCUT2D eigenvalue weighted by Crippen LogP contribution is 2.13. The van der Waals surface area contributed by atoms with Gasteiger partial charge in [0.1, 0.15) is 0 Å². The van der Waals surface area contributed by atoms with Gasteiger partial charge in [0.2, 0.25) is 0 Å². The van der Waals surface area contributed by atoms with Gasteiger partial charge in [0, 0.05) is 12.4 Å². The summed E-state index contributed by atoms with van der Waals surface area (Å²) < 4.78 is 0. The number of hydrogen-bond acceptors (Lipinski definition) is 4. The van der Waals surface area contributed by atoms with Crippen molar-refractivity contribution in [3.05, 3.63) is 30.1 Å². The summed E-state index contributed by atoms with van der Waals surface area (Å²) in [6.07, 6.45) is 2.32. The molecule has 0 aliphatic rings. The minimum atomic E-state index is -0.821. The Bertz CT molecular complexity index is 228. The van der Waals surface area contributed by atoms with Crippen molar-refractivity contribution in [1.82, 2.24) is 4.98 Å². The second-order valence-corrected chi connectivity index (χ2v) is 2.57. The Balaban J connectivity index is 2.71. The zero-order chi connectivity index (χ0) is 8.97. The standard InChI is InChI=1S/C8H12N2O2/c9-7(5-11)8(12)6-1-3-10-4-2-6/h1-4,7-8,11-12H,5,9H2/t7-,8-/m0/s1. The number of nitrogens with zero attached hydrogens (tertiary/aromatic N) is 1. The summed E-state index contributed by atoms with van der Waals surface area (Å²) in [7, 11) is 0. The Labute approximate surface area is 70.7 Å². The molecule has 66 valence electrons. The van der Waals surface area contributed by atoms with E-state index in [1.54, 1.807) is 24.5 Å². The average Bonchev–Trinajstić information content (AvgIpc) is 2.17. The fourth-order valence-electron chi connectivity index (χ4n) is 0.908. The first-order valence-corrected chi connectivity index (χ1v) is 3.70. The van der Waals surface area contributed by atoms with E-state index < -0.39 is 12.1 Å². The van der Waals surface area contributed by atoms with Crippen molar-refractivity contribution < 1.29 is 10.2 Å². The van der Waals surface area contributed by atoms with Gasteiger partial charge in [-0.1, -0.05) is 0 Å². The van der Waals surface area contributed by atoms with Gasteiger partial charge < -0.3 is 15.9 Å². The van der Waals surface area contributed by atoms with E-state index in [1.807, 2.05) is 0 Å². The number of aliphatic hydroxyl groups excluding tert-OH is 2. The van der Waals surface area contributed by atoms with Crippen molar-refractivity contribution in [3.8, 4) is 0 Å². The number of aliphatic hydroxyl groups is 2. The number of pyridine rings is 1. The van der Waals surface area contributed by atoms with Crippen LogP contribution in [0.4, 0.5) is 0 Å². The average molecular weight is 168 g/mol. The molecule has 0 spiro atoms. The monoisotopic (exact) mass is 168 g/mol. The van der Waals surface area contributed by atoms with Crippen molar-refractivity contribution in [3.63, 3.8) is 0 Å². The van der Waals surface area contributed by atoms with Gasteiger partial charge in [-0.15, -0.1) is 0 Å². The summed E-state index contributed by atoms with van der Waals surface area (Å²) in [4.78, 5) is 3.80. The van der Waals surface area contributed by atoms with Crippen molar-refractivity contribution in [2.45, 2.75) is 12.1 Å². The van der Waals surface area contributed by atoms with Crippen molar-refractivity contribution in [1.29, 1.82) is 0 Å². The molecule has 0 bridgehead atoms. The summed E-state index contributed by atoms with van der Waals surface area (Å²) in [6, 6.07) is 2.70. The topological polar surface area (TPSA) is 79.4 Å². The molecule has 4 nitrogen and oxygen atoms in total. The molecular formula is C8H12N2O2. The van der Waals surface area contributed by atoms with E-state index in [0.29, 0.717) is 5.56 Å². The third-order valence-electron chi connectivity index (χ3n) is 1.66. The van der Waals surface area contributed by atoms with Crippen LogP contribution in [0.1, 0.15) is 11.7 Å². The lowest BCUT2D eigenvalue weighted by Gasteiger charge is -2.15. The molecule has 0 unspecified atom stereocenters. The Kier molecular flexibility index (Phi) is 3.16.